The van der Waals surface area contributed by atoms with Crippen LogP contribution < -0.4 is 0 Å². The van der Waals surface area contributed by atoms with E-state index in [0.717, 1.165) is 5.56 Å². The van der Waals surface area contributed by atoms with Gasteiger partial charge >= 0.3 is 5.97 Å². The molecule has 0 saturated carbocycles. The number of methoxy groups -OCH3 is 1. The molecule has 1 fully saturated rings. The molecule has 2 heterocycles. The molecule has 1 saturated heterocycles. The molecule has 0 bridgehead atoms. The van der Waals surface area contributed by atoms with Gasteiger partial charge in [0.2, 0.25) is 5.91 Å². The van der Waals surface area contributed by atoms with E-state index in [1.807, 2.05) is 16.8 Å². The minimum Gasteiger partial charge on any atom is -0.481 e. The molecule has 0 spiro atoms. The summed E-state index contributed by atoms with van der Waals surface area (Å²) in [5.41, 5.74) is 1.15. The van der Waals surface area contributed by atoms with E-state index in [2.05, 4.69) is 0 Å². The van der Waals surface area contributed by atoms with Gasteiger partial charge in [0.1, 0.15) is 0 Å². The summed E-state index contributed by atoms with van der Waals surface area (Å²) in [6.07, 6.45) is 1.67. The van der Waals surface area contributed by atoms with Crippen LogP contribution in [0.15, 0.2) is 16.8 Å². The lowest BCUT2D eigenvalue weighted by atomic mass is 10.1. The number of ether oxygens (including phenoxy) is 1. The van der Waals surface area contributed by atoms with Gasteiger partial charge in [0, 0.05) is 26.1 Å². The Kier molecular flexibility index (Phi) is 5.14. The molecule has 0 aliphatic carbocycles. The molecule has 6 heteroatoms. The van der Waals surface area contributed by atoms with Crippen molar-refractivity contribution in [3.63, 3.8) is 0 Å². The van der Waals surface area contributed by atoms with Crippen molar-refractivity contribution in [2.45, 2.75) is 37.8 Å². The molecule has 1 aromatic heterocycles. The Bertz CT molecular complexity index is 460. The molecule has 1 aliphatic rings. The molecule has 1 aliphatic heterocycles. The number of rotatable bonds is 6. The van der Waals surface area contributed by atoms with Crippen LogP contribution in [0.4, 0.5) is 0 Å². The van der Waals surface area contributed by atoms with Crippen molar-refractivity contribution in [2.75, 3.05) is 13.7 Å². The largest absolute Gasteiger partial charge is 0.481 e. The highest BCUT2D eigenvalue weighted by atomic mass is 32.1. The SMILES string of the molecule is COC1CC(CC(=O)O)N(C(=O)CCc2ccsc2)C1. The van der Waals surface area contributed by atoms with Gasteiger partial charge in [-0.05, 0) is 35.2 Å². The minimum absolute atomic E-state index is 0.00987. The number of hydrogen-bond donors (Lipinski definition) is 1. The third-order valence-corrected chi connectivity index (χ3v) is 4.38. The molecule has 0 aromatic carbocycles. The maximum Gasteiger partial charge on any atom is 0.305 e. The topological polar surface area (TPSA) is 66.8 Å². The number of aryl methyl sites for hydroxylation is 1. The van der Waals surface area contributed by atoms with Gasteiger partial charge < -0.3 is 14.7 Å². The monoisotopic (exact) mass is 297 g/mol. The lowest BCUT2D eigenvalue weighted by Crippen LogP contribution is -2.37. The van der Waals surface area contributed by atoms with Crippen molar-refractivity contribution >= 4 is 23.2 Å². The van der Waals surface area contributed by atoms with Crippen LogP contribution in [0, 0.1) is 0 Å². The lowest BCUT2D eigenvalue weighted by Gasteiger charge is -2.23. The first kappa shape index (κ1) is 15.0. The van der Waals surface area contributed by atoms with Crippen molar-refractivity contribution in [2.24, 2.45) is 0 Å². The number of thiophene rings is 1. The van der Waals surface area contributed by atoms with Gasteiger partial charge in [-0.15, -0.1) is 0 Å². The van der Waals surface area contributed by atoms with Crippen LogP contribution in [0.5, 0.6) is 0 Å². The number of hydrogen-bond acceptors (Lipinski definition) is 4. The van der Waals surface area contributed by atoms with Gasteiger partial charge in [-0.25, -0.2) is 0 Å². The number of likely N-dealkylation sites (tertiary alicyclic amines) is 1. The molecule has 110 valence electrons. The van der Waals surface area contributed by atoms with E-state index in [9.17, 15) is 9.59 Å². The van der Waals surface area contributed by atoms with Gasteiger partial charge in [-0.2, -0.15) is 11.3 Å². The first-order valence-electron chi connectivity index (χ1n) is 6.65. The summed E-state index contributed by atoms with van der Waals surface area (Å²) in [5.74, 6) is -0.857. The van der Waals surface area contributed by atoms with Crippen LogP contribution in [-0.2, 0) is 20.7 Å². The molecular formula is C14H19NO4S. The van der Waals surface area contributed by atoms with Gasteiger partial charge in [0.25, 0.3) is 0 Å². The van der Waals surface area contributed by atoms with E-state index < -0.39 is 5.97 Å². The van der Waals surface area contributed by atoms with Crippen LogP contribution in [0.2, 0.25) is 0 Å². The third-order valence-electron chi connectivity index (χ3n) is 3.65. The van der Waals surface area contributed by atoms with Crippen LogP contribution >= 0.6 is 11.3 Å². The molecule has 20 heavy (non-hydrogen) atoms. The molecule has 2 atom stereocenters. The Labute approximate surface area is 122 Å². The predicted octanol–water partition coefficient (Wildman–Crippen LogP) is 1.77. The Balaban J connectivity index is 1.93. The normalized spacial score (nSPS) is 22.1. The zero-order valence-corrected chi connectivity index (χ0v) is 12.3. The Hall–Kier alpha value is -1.40. The number of carbonyl (C=O) groups excluding carboxylic acids is 1. The summed E-state index contributed by atoms with van der Waals surface area (Å²) < 4.78 is 5.27. The van der Waals surface area contributed by atoms with Gasteiger partial charge in [0.15, 0.2) is 0 Å². The highest BCUT2D eigenvalue weighted by Crippen LogP contribution is 2.24. The second-order valence-electron chi connectivity index (χ2n) is 5.02. The highest BCUT2D eigenvalue weighted by Gasteiger charge is 2.36. The number of aliphatic carboxylic acids is 1. The van der Waals surface area contributed by atoms with Gasteiger partial charge in [-0.3, -0.25) is 9.59 Å². The average Bonchev–Trinajstić information content (AvgIpc) is 3.04. The summed E-state index contributed by atoms with van der Waals surface area (Å²) in [7, 11) is 1.60. The number of carboxylic acid groups (broad SMARTS) is 1. The number of carbonyl (C=O) groups is 2. The predicted molar refractivity (Wildman–Crippen MR) is 75.8 cm³/mol. The first-order valence-corrected chi connectivity index (χ1v) is 7.59. The Morgan fingerprint density at radius 3 is 2.95 bits per heavy atom. The Morgan fingerprint density at radius 2 is 2.35 bits per heavy atom. The highest BCUT2D eigenvalue weighted by molar-refractivity contribution is 7.07. The molecule has 1 aromatic rings. The number of carboxylic acids is 1. The summed E-state index contributed by atoms with van der Waals surface area (Å²) in [6, 6.07) is 1.77. The van der Waals surface area contributed by atoms with Crippen LogP contribution in [-0.4, -0.2) is 47.7 Å². The second kappa shape index (κ2) is 6.85. The van der Waals surface area contributed by atoms with Crippen molar-refractivity contribution in [1.29, 1.82) is 0 Å². The second-order valence-corrected chi connectivity index (χ2v) is 5.80. The van der Waals surface area contributed by atoms with Crippen molar-refractivity contribution in [3.8, 4) is 0 Å². The minimum atomic E-state index is -0.873. The van der Waals surface area contributed by atoms with Crippen molar-refractivity contribution in [1.82, 2.24) is 4.90 Å². The number of amides is 1. The fraction of sp³-hybridized carbons (Fsp3) is 0.571. The van der Waals surface area contributed by atoms with Crippen LogP contribution in [0.3, 0.4) is 0 Å². The third kappa shape index (κ3) is 3.80. The maximum atomic E-state index is 12.3. The van der Waals surface area contributed by atoms with Crippen LogP contribution in [0.25, 0.3) is 0 Å². The van der Waals surface area contributed by atoms with E-state index in [1.165, 1.54) is 0 Å². The molecule has 2 rings (SSSR count). The smallest absolute Gasteiger partial charge is 0.305 e. The standard InChI is InChI=1S/C14H19NO4S/c1-19-12-6-11(7-14(17)18)15(8-12)13(16)3-2-10-4-5-20-9-10/h4-5,9,11-12H,2-3,6-8H2,1H3,(H,17,18). The molecule has 1 N–H and O–H groups in total. The van der Waals surface area contributed by atoms with E-state index in [-0.39, 0.29) is 24.5 Å². The van der Waals surface area contributed by atoms with Gasteiger partial charge in [-0.1, -0.05) is 0 Å². The van der Waals surface area contributed by atoms with Crippen molar-refractivity contribution < 1.29 is 19.4 Å². The fourth-order valence-electron chi connectivity index (χ4n) is 2.57. The molecule has 0 radical (unpaired) electrons. The summed E-state index contributed by atoms with van der Waals surface area (Å²) in [5, 5.41) is 13.0. The van der Waals surface area contributed by atoms with Crippen molar-refractivity contribution in [3.05, 3.63) is 22.4 Å². The van der Waals surface area contributed by atoms with E-state index in [0.29, 0.717) is 25.8 Å². The van der Waals surface area contributed by atoms with E-state index in [4.69, 9.17) is 9.84 Å². The average molecular weight is 297 g/mol. The Morgan fingerprint density at radius 1 is 1.55 bits per heavy atom. The van der Waals surface area contributed by atoms with Crippen LogP contribution in [0.1, 0.15) is 24.8 Å². The summed E-state index contributed by atoms with van der Waals surface area (Å²) in [4.78, 5) is 24.8. The van der Waals surface area contributed by atoms with E-state index >= 15 is 0 Å². The summed E-state index contributed by atoms with van der Waals surface area (Å²) >= 11 is 1.61. The summed E-state index contributed by atoms with van der Waals surface area (Å²) in [6.45, 7) is 0.497. The van der Waals surface area contributed by atoms with E-state index in [1.54, 1.807) is 23.3 Å². The molecule has 2 unspecified atom stereocenters. The molecule has 5 nitrogen and oxygen atoms in total. The number of nitrogens with zero attached hydrogens (tertiary/aromatic N) is 1. The maximum absolute atomic E-state index is 12.3. The fourth-order valence-corrected chi connectivity index (χ4v) is 3.28. The molecule has 1 amide bonds. The quantitative estimate of drug-likeness (QED) is 0.869. The first-order chi connectivity index (χ1) is 9.60. The zero-order valence-electron chi connectivity index (χ0n) is 11.4. The molecular weight excluding hydrogens is 278 g/mol. The lowest BCUT2D eigenvalue weighted by molar-refractivity contribution is -0.139. The van der Waals surface area contributed by atoms with Gasteiger partial charge in [0.05, 0.1) is 12.5 Å². The zero-order chi connectivity index (χ0) is 14.5.